The molecule has 1 saturated heterocycles. The zero-order valence-corrected chi connectivity index (χ0v) is 13.4. The number of nitrogens with zero attached hydrogens (tertiary/aromatic N) is 2. The van der Waals surface area contributed by atoms with Gasteiger partial charge in [0.15, 0.2) is 0 Å². The molecule has 1 aromatic rings. The predicted octanol–water partition coefficient (Wildman–Crippen LogP) is 1.95. The van der Waals surface area contributed by atoms with E-state index in [2.05, 4.69) is 0 Å². The highest BCUT2D eigenvalue weighted by Gasteiger charge is 2.25. The largest absolute Gasteiger partial charge is 0.345 e. The maximum atomic E-state index is 12.6. The van der Waals surface area contributed by atoms with Gasteiger partial charge in [-0.1, -0.05) is 12.8 Å². The quantitative estimate of drug-likeness (QED) is 0.857. The van der Waals surface area contributed by atoms with E-state index in [1.165, 1.54) is 17.0 Å². The third kappa shape index (κ3) is 3.63. The number of sulfonamides is 1. The second kappa shape index (κ2) is 6.58. The minimum atomic E-state index is -3.44. The first-order chi connectivity index (χ1) is 9.93. The van der Waals surface area contributed by atoms with Crippen molar-refractivity contribution in [2.24, 2.45) is 0 Å². The molecule has 1 aromatic carbocycles. The number of rotatable bonds is 3. The Morgan fingerprint density at radius 1 is 1.00 bits per heavy atom. The third-order valence-electron chi connectivity index (χ3n) is 3.71. The first-order valence-corrected chi connectivity index (χ1v) is 8.69. The van der Waals surface area contributed by atoms with Crippen molar-refractivity contribution in [1.29, 1.82) is 0 Å². The molecular formula is C15H22N2O3S. The molecule has 1 aliphatic heterocycles. The van der Waals surface area contributed by atoms with Crippen LogP contribution in [0.4, 0.5) is 0 Å². The van der Waals surface area contributed by atoms with Gasteiger partial charge in [-0.15, -0.1) is 0 Å². The summed E-state index contributed by atoms with van der Waals surface area (Å²) >= 11 is 0. The van der Waals surface area contributed by atoms with E-state index in [9.17, 15) is 13.2 Å². The van der Waals surface area contributed by atoms with E-state index in [4.69, 9.17) is 0 Å². The Balaban J connectivity index is 2.22. The van der Waals surface area contributed by atoms with Gasteiger partial charge in [0.2, 0.25) is 10.0 Å². The molecule has 0 aliphatic carbocycles. The van der Waals surface area contributed by atoms with Gasteiger partial charge in [-0.2, -0.15) is 4.31 Å². The molecule has 1 heterocycles. The fourth-order valence-electron chi connectivity index (χ4n) is 2.46. The van der Waals surface area contributed by atoms with Gasteiger partial charge in [-0.3, -0.25) is 4.79 Å². The Kier molecular flexibility index (Phi) is 5.00. The summed E-state index contributed by atoms with van der Waals surface area (Å²) < 4.78 is 26.7. The van der Waals surface area contributed by atoms with Crippen molar-refractivity contribution in [3.05, 3.63) is 29.8 Å². The van der Waals surface area contributed by atoms with Crippen LogP contribution >= 0.6 is 0 Å². The van der Waals surface area contributed by atoms with E-state index in [0.717, 1.165) is 25.7 Å². The third-order valence-corrected chi connectivity index (χ3v) is 5.62. The molecule has 0 radical (unpaired) electrons. The second-order valence-electron chi connectivity index (χ2n) is 5.54. The van der Waals surface area contributed by atoms with Crippen LogP contribution in [0.5, 0.6) is 0 Å². The van der Waals surface area contributed by atoms with Gasteiger partial charge in [0.1, 0.15) is 0 Å². The van der Waals surface area contributed by atoms with Crippen molar-refractivity contribution in [2.45, 2.75) is 30.6 Å². The molecule has 1 amide bonds. The highest BCUT2D eigenvalue weighted by Crippen LogP contribution is 2.20. The van der Waals surface area contributed by atoms with Gasteiger partial charge in [0.25, 0.3) is 5.91 Å². The van der Waals surface area contributed by atoms with Gasteiger partial charge < -0.3 is 4.90 Å². The molecule has 21 heavy (non-hydrogen) atoms. The lowest BCUT2D eigenvalue weighted by molar-refractivity contribution is 0.0827. The van der Waals surface area contributed by atoms with Crippen LogP contribution in [0.1, 0.15) is 36.0 Å². The Labute approximate surface area is 126 Å². The summed E-state index contributed by atoms with van der Waals surface area (Å²) in [6.07, 6.45) is 4.00. The van der Waals surface area contributed by atoms with Crippen molar-refractivity contribution in [1.82, 2.24) is 9.21 Å². The highest BCUT2D eigenvalue weighted by molar-refractivity contribution is 7.89. The molecule has 1 fully saturated rings. The topological polar surface area (TPSA) is 57.7 Å². The Hall–Kier alpha value is -1.40. The van der Waals surface area contributed by atoms with Crippen molar-refractivity contribution in [3.63, 3.8) is 0 Å². The Morgan fingerprint density at radius 3 is 2.00 bits per heavy atom. The number of carbonyl (C=O) groups is 1. The molecule has 0 unspecified atom stereocenters. The van der Waals surface area contributed by atoms with Crippen LogP contribution < -0.4 is 0 Å². The Morgan fingerprint density at radius 2 is 1.52 bits per heavy atom. The zero-order valence-electron chi connectivity index (χ0n) is 12.6. The minimum absolute atomic E-state index is 0.131. The van der Waals surface area contributed by atoms with Crippen LogP contribution in [0.15, 0.2) is 29.2 Å². The van der Waals surface area contributed by atoms with Gasteiger partial charge in [-0.25, -0.2) is 8.42 Å². The number of hydrogen-bond acceptors (Lipinski definition) is 3. The summed E-state index contributed by atoms with van der Waals surface area (Å²) in [5.41, 5.74) is 0.495. The van der Waals surface area contributed by atoms with Crippen LogP contribution in [0, 0.1) is 0 Å². The molecule has 5 nitrogen and oxygen atoms in total. The number of hydrogen-bond donors (Lipinski definition) is 0. The molecule has 0 atom stereocenters. The zero-order chi connectivity index (χ0) is 15.5. The lowest BCUT2D eigenvalue weighted by Gasteiger charge is -2.20. The summed E-state index contributed by atoms with van der Waals surface area (Å²) in [7, 11) is -0.0979. The SMILES string of the molecule is CN(C)C(=O)c1ccc(S(=O)(=O)N2CCCCCC2)cc1. The molecule has 116 valence electrons. The van der Waals surface area contributed by atoms with E-state index in [0.29, 0.717) is 18.7 Å². The van der Waals surface area contributed by atoms with Crippen LogP contribution in [0.25, 0.3) is 0 Å². The monoisotopic (exact) mass is 310 g/mol. The van der Waals surface area contributed by atoms with Crippen molar-refractivity contribution in [2.75, 3.05) is 27.2 Å². The lowest BCUT2D eigenvalue weighted by Crippen LogP contribution is -2.32. The first kappa shape index (κ1) is 16.0. The maximum absolute atomic E-state index is 12.6. The van der Waals surface area contributed by atoms with Crippen LogP contribution in [0.2, 0.25) is 0 Å². The lowest BCUT2D eigenvalue weighted by atomic mass is 10.2. The number of amides is 1. The van der Waals surface area contributed by atoms with Gasteiger partial charge in [-0.05, 0) is 37.1 Å². The summed E-state index contributed by atoms with van der Waals surface area (Å²) in [5.74, 6) is -0.131. The smallest absolute Gasteiger partial charge is 0.253 e. The molecule has 2 rings (SSSR count). The van der Waals surface area contributed by atoms with E-state index in [1.807, 2.05) is 0 Å². The molecule has 1 aliphatic rings. The predicted molar refractivity (Wildman–Crippen MR) is 81.7 cm³/mol. The van der Waals surface area contributed by atoms with E-state index in [-0.39, 0.29) is 10.8 Å². The van der Waals surface area contributed by atoms with Crippen molar-refractivity contribution < 1.29 is 13.2 Å². The minimum Gasteiger partial charge on any atom is -0.345 e. The summed E-state index contributed by atoms with van der Waals surface area (Å²) in [6, 6.07) is 6.20. The fraction of sp³-hybridized carbons (Fsp3) is 0.533. The summed E-state index contributed by atoms with van der Waals surface area (Å²) in [4.78, 5) is 13.6. The molecule has 0 N–H and O–H groups in total. The van der Waals surface area contributed by atoms with Crippen molar-refractivity contribution in [3.8, 4) is 0 Å². The van der Waals surface area contributed by atoms with E-state index >= 15 is 0 Å². The van der Waals surface area contributed by atoms with Crippen molar-refractivity contribution >= 4 is 15.9 Å². The second-order valence-corrected chi connectivity index (χ2v) is 7.48. The van der Waals surface area contributed by atoms with Gasteiger partial charge >= 0.3 is 0 Å². The van der Waals surface area contributed by atoms with Crippen LogP contribution in [-0.2, 0) is 10.0 Å². The number of benzene rings is 1. The fourth-order valence-corrected chi connectivity index (χ4v) is 3.98. The molecule has 6 heteroatoms. The molecular weight excluding hydrogens is 288 g/mol. The average molecular weight is 310 g/mol. The first-order valence-electron chi connectivity index (χ1n) is 7.25. The maximum Gasteiger partial charge on any atom is 0.253 e. The van der Waals surface area contributed by atoms with E-state index in [1.54, 1.807) is 30.5 Å². The van der Waals surface area contributed by atoms with E-state index < -0.39 is 10.0 Å². The summed E-state index contributed by atoms with van der Waals surface area (Å²) in [5, 5.41) is 0. The highest BCUT2D eigenvalue weighted by atomic mass is 32.2. The van der Waals surface area contributed by atoms with Gasteiger partial charge in [0.05, 0.1) is 4.90 Å². The molecule has 0 spiro atoms. The standard InChI is InChI=1S/C15H22N2O3S/c1-16(2)15(18)13-7-9-14(10-8-13)21(19,20)17-11-5-3-4-6-12-17/h7-10H,3-6,11-12H2,1-2H3. The average Bonchev–Trinajstić information content (AvgIpc) is 2.76. The van der Waals surface area contributed by atoms with Crippen LogP contribution in [0.3, 0.4) is 0 Å². The summed E-state index contributed by atoms with van der Waals surface area (Å²) in [6.45, 7) is 1.17. The van der Waals surface area contributed by atoms with Crippen LogP contribution in [-0.4, -0.2) is 50.7 Å². The van der Waals surface area contributed by atoms with Gasteiger partial charge in [0, 0.05) is 32.7 Å². The normalized spacial score (nSPS) is 17.2. The Bertz CT molecular complexity index is 586. The molecule has 0 saturated carbocycles. The number of carbonyl (C=O) groups excluding carboxylic acids is 1. The molecule has 0 bridgehead atoms. The molecule has 0 aromatic heterocycles.